The third-order valence-corrected chi connectivity index (χ3v) is 8.70. The second kappa shape index (κ2) is 18.4. The van der Waals surface area contributed by atoms with Gasteiger partial charge in [0, 0.05) is 17.9 Å². The Kier molecular flexibility index (Phi) is 15.4. The van der Waals surface area contributed by atoms with Crippen LogP contribution in [-0.2, 0) is 9.59 Å². The highest BCUT2D eigenvalue weighted by Crippen LogP contribution is 2.27. The Balaban J connectivity index is 1.70. The number of rotatable bonds is 18. The van der Waals surface area contributed by atoms with E-state index in [0.29, 0.717) is 25.4 Å². The fourth-order valence-corrected chi connectivity index (χ4v) is 5.56. The molecule has 0 aromatic heterocycles. The van der Waals surface area contributed by atoms with Gasteiger partial charge in [0.15, 0.2) is 6.54 Å². The van der Waals surface area contributed by atoms with Crippen molar-refractivity contribution in [2.24, 2.45) is 0 Å². The van der Waals surface area contributed by atoms with Crippen LogP contribution in [0.3, 0.4) is 0 Å². The van der Waals surface area contributed by atoms with E-state index in [2.05, 4.69) is 48.5 Å². The van der Waals surface area contributed by atoms with Crippen LogP contribution in [0.25, 0.3) is 0 Å². The standard InChI is InChI=1S/C35H55N5O4/c1-9-39(24-31(41)37-33-26(5)18-17-19-27(33)6)21-16-14-13-15-20-36-35(43)44-30-22-28(7)34(29(8)23-30)38-32(42)25-40(10-2,11-3)12-4/h17-19,22-23H,9-16,20-21,24-25H2,1-8H3,(H2-,36,37,38,41,42,43)/p+1. The first-order chi connectivity index (χ1) is 21.0. The Hall–Kier alpha value is -3.43. The Morgan fingerprint density at radius 2 is 1.30 bits per heavy atom. The van der Waals surface area contributed by atoms with E-state index >= 15 is 0 Å². The van der Waals surface area contributed by atoms with Gasteiger partial charge in [-0.15, -0.1) is 0 Å². The normalized spacial score (nSPS) is 11.4. The van der Waals surface area contributed by atoms with Crippen LogP contribution in [0.1, 0.15) is 75.6 Å². The molecule has 244 valence electrons. The molecule has 0 aliphatic rings. The number of aryl methyl sites for hydroxylation is 4. The highest BCUT2D eigenvalue weighted by atomic mass is 16.6. The molecule has 0 bridgehead atoms. The maximum absolute atomic E-state index is 12.8. The van der Waals surface area contributed by atoms with Crippen molar-refractivity contribution < 1.29 is 23.6 Å². The Labute approximate surface area is 265 Å². The molecule has 0 fully saturated rings. The molecule has 0 atom stereocenters. The van der Waals surface area contributed by atoms with Gasteiger partial charge in [0.2, 0.25) is 5.91 Å². The van der Waals surface area contributed by atoms with Crippen molar-refractivity contribution in [2.75, 3.05) is 63.0 Å². The molecule has 3 N–H and O–H groups in total. The van der Waals surface area contributed by atoms with E-state index in [-0.39, 0.29) is 11.8 Å². The number of carbonyl (C=O) groups excluding carboxylic acids is 3. The van der Waals surface area contributed by atoms with E-state index in [1.54, 1.807) is 12.1 Å². The van der Waals surface area contributed by atoms with Crippen molar-refractivity contribution in [3.63, 3.8) is 0 Å². The quantitative estimate of drug-likeness (QED) is 0.135. The number of nitrogens with one attached hydrogen (secondary N) is 3. The summed E-state index contributed by atoms with van der Waals surface area (Å²) in [6.45, 7) is 22.0. The zero-order chi connectivity index (χ0) is 32.7. The van der Waals surface area contributed by atoms with Gasteiger partial charge < -0.3 is 25.2 Å². The van der Waals surface area contributed by atoms with Gasteiger partial charge in [0.25, 0.3) is 5.91 Å². The van der Waals surface area contributed by atoms with E-state index < -0.39 is 6.09 Å². The first-order valence-electron chi connectivity index (χ1n) is 16.3. The van der Waals surface area contributed by atoms with Crippen LogP contribution >= 0.6 is 0 Å². The predicted octanol–water partition coefficient (Wildman–Crippen LogP) is 6.34. The highest BCUT2D eigenvalue weighted by Gasteiger charge is 2.25. The van der Waals surface area contributed by atoms with Crippen LogP contribution in [0, 0.1) is 27.7 Å². The summed E-state index contributed by atoms with van der Waals surface area (Å²) in [5.74, 6) is 0.463. The molecule has 0 spiro atoms. The summed E-state index contributed by atoms with van der Waals surface area (Å²) in [7, 11) is 0. The monoisotopic (exact) mass is 610 g/mol. The smallest absolute Gasteiger partial charge is 0.410 e. The Morgan fingerprint density at radius 3 is 1.86 bits per heavy atom. The number of para-hydroxylation sites is 1. The second-order valence-corrected chi connectivity index (χ2v) is 11.8. The summed E-state index contributed by atoms with van der Waals surface area (Å²) < 4.78 is 6.27. The van der Waals surface area contributed by atoms with E-state index in [4.69, 9.17) is 4.74 Å². The van der Waals surface area contributed by atoms with E-state index in [1.165, 1.54) is 0 Å². The average molecular weight is 611 g/mol. The Bertz CT molecular complexity index is 1190. The number of benzene rings is 2. The number of hydrogen-bond acceptors (Lipinski definition) is 5. The summed E-state index contributed by atoms with van der Waals surface area (Å²) in [6, 6.07) is 9.58. The summed E-state index contributed by atoms with van der Waals surface area (Å²) in [6.07, 6.45) is 3.36. The Morgan fingerprint density at radius 1 is 0.750 bits per heavy atom. The largest absolute Gasteiger partial charge is 0.412 e. The summed E-state index contributed by atoms with van der Waals surface area (Å²) in [4.78, 5) is 40.0. The average Bonchev–Trinajstić information content (AvgIpc) is 2.98. The summed E-state index contributed by atoms with van der Waals surface area (Å²) in [5.41, 5.74) is 5.52. The van der Waals surface area contributed by atoms with Gasteiger partial charge in [0.05, 0.1) is 26.2 Å². The molecule has 0 aliphatic heterocycles. The molecule has 0 saturated heterocycles. The first-order valence-corrected chi connectivity index (χ1v) is 16.3. The van der Waals surface area contributed by atoms with Gasteiger partial charge in [-0.2, -0.15) is 0 Å². The highest BCUT2D eigenvalue weighted by molar-refractivity contribution is 5.94. The van der Waals surface area contributed by atoms with Gasteiger partial charge in [-0.25, -0.2) is 4.79 Å². The molecule has 2 rings (SSSR count). The zero-order valence-electron chi connectivity index (χ0n) is 28.4. The number of nitrogens with zero attached hydrogens (tertiary/aromatic N) is 2. The van der Waals surface area contributed by atoms with Crippen molar-refractivity contribution >= 4 is 29.3 Å². The maximum atomic E-state index is 12.8. The lowest BCUT2D eigenvalue weighted by atomic mass is 10.1. The second-order valence-electron chi connectivity index (χ2n) is 11.8. The van der Waals surface area contributed by atoms with E-state index in [0.717, 1.165) is 96.5 Å². The lowest BCUT2D eigenvalue weighted by molar-refractivity contribution is -0.915. The van der Waals surface area contributed by atoms with Gasteiger partial charge in [0.1, 0.15) is 5.75 Å². The predicted molar refractivity (Wildman–Crippen MR) is 180 cm³/mol. The minimum Gasteiger partial charge on any atom is -0.410 e. The van der Waals surface area contributed by atoms with Crippen molar-refractivity contribution in [2.45, 2.75) is 81.1 Å². The maximum Gasteiger partial charge on any atom is 0.412 e. The third-order valence-electron chi connectivity index (χ3n) is 8.70. The van der Waals surface area contributed by atoms with Crippen LogP contribution in [0.5, 0.6) is 5.75 Å². The van der Waals surface area contributed by atoms with Crippen molar-refractivity contribution in [3.8, 4) is 5.75 Å². The van der Waals surface area contributed by atoms with Gasteiger partial charge in [-0.1, -0.05) is 38.0 Å². The molecule has 0 unspecified atom stereocenters. The number of quaternary nitrogens is 1. The fourth-order valence-electron chi connectivity index (χ4n) is 5.56. The van der Waals surface area contributed by atoms with E-state index in [9.17, 15) is 14.4 Å². The van der Waals surface area contributed by atoms with Crippen LogP contribution in [0.2, 0.25) is 0 Å². The molecule has 0 radical (unpaired) electrons. The van der Waals surface area contributed by atoms with Gasteiger partial charge >= 0.3 is 6.09 Å². The zero-order valence-corrected chi connectivity index (χ0v) is 28.4. The molecule has 3 amide bonds. The molecule has 0 heterocycles. The topological polar surface area (TPSA) is 99.8 Å². The first kappa shape index (κ1) is 36.8. The van der Waals surface area contributed by atoms with Gasteiger partial charge in [-0.3, -0.25) is 14.5 Å². The number of anilines is 2. The summed E-state index contributed by atoms with van der Waals surface area (Å²) >= 11 is 0. The molecule has 0 aliphatic carbocycles. The number of amides is 3. The molecule has 44 heavy (non-hydrogen) atoms. The third kappa shape index (κ3) is 11.6. The molecular weight excluding hydrogens is 554 g/mol. The number of hydrogen-bond donors (Lipinski definition) is 3. The van der Waals surface area contributed by atoms with Crippen molar-refractivity contribution in [1.82, 2.24) is 10.2 Å². The van der Waals surface area contributed by atoms with Crippen LogP contribution in [-0.4, -0.2) is 79.6 Å². The number of unbranched alkanes of at least 4 members (excludes halogenated alkanes) is 3. The van der Waals surface area contributed by atoms with Crippen LogP contribution < -0.4 is 20.7 Å². The number of ether oxygens (including phenoxy) is 1. The molecule has 9 nitrogen and oxygen atoms in total. The lowest BCUT2D eigenvalue weighted by Crippen LogP contribution is -2.52. The number of carbonyl (C=O) groups is 3. The SMILES string of the molecule is CCN(CCCCCCNC(=O)Oc1cc(C)c(NC(=O)C[N+](CC)(CC)CC)c(C)c1)CC(=O)Nc1c(C)cccc1C. The lowest BCUT2D eigenvalue weighted by Gasteiger charge is -2.35. The molecule has 2 aromatic carbocycles. The van der Waals surface area contributed by atoms with Crippen LogP contribution in [0.15, 0.2) is 30.3 Å². The molecule has 0 saturated carbocycles. The minimum atomic E-state index is -0.483. The van der Waals surface area contributed by atoms with Crippen molar-refractivity contribution in [1.29, 1.82) is 0 Å². The van der Waals surface area contributed by atoms with E-state index in [1.807, 2.05) is 45.9 Å². The minimum absolute atomic E-state index is 0.00531. The van der Waals surface area contributed by atoms with Crippen LogP contribution in [0.4, 0.5) is 16.2 Å². The molecule has 9 heteroatoms. The van der Waals surface area contributed by atoms with Crippen molar-refractivity contribution in [3.05, 3.63) is 52.6 Å². The summed E-state index contributed by atoms with van der Waals surface area (Å²) in [5, 5.41) is 8.98. The van der Waals surface area contributed by atoms with Gasteiger partial charge in [-0.05, 0) is 109 Å². The molecular formula is C35H56N5O4+. The molecule has 2 aromatic rings. The number of likely N-dealkylation sites (N-methyl/N-ethyl adjacent to an activating group) is 2. The fraction of sp³-hybridized carbons (Fsp3) is 0.571.